The Hall–Kier alpha value is -1.02. The minimum Gasteiger partial charge on any atom is -0.493 e. The van der Waals surface area contributed by atoms with E-state index in [-0.39, 0.29) is 6.04 Å². The summed E-state index contributed by atoms with van der Waals surface area (Å²) >= 11 is 0. The van der Waals surface area contributed by atoms with Crippen molar-refractivity contribution < 1.29 is 4.74 Å². The lowest BCUT2D eigenvalue weighted by molar-refractivity contribution is 0.240. The van der Waals surface area contributed by atoms with Gasteiger partial charge in [-0.05, 0) is 41.9 Å². The van der Waals surface area contributed by atoms with Crippen LogP contribution in [-0.4, -0.2) is 6.61 Å². The Morgan fingerprint density at radius 2 is 2.05 bits per heavy atom. The largest absolute Gasteiger partial charge is 0.493 e. The zero-order valence-electron chi connectivity index (χ0n) is 11.9. The Kier molecular flexibility index (Phi) is 3.79. The zero-order valence-corrected chi connectivity index (χ0v) is 11.9. The van der Waals surface area contributed by atoms with Crippen LogP contribution in [0, 0.1) is 11.8 Å². The topological polar surface area (TPSA) is 35.2 Å². The third-order valence-electron chi connectivity index (χ3n) is 5.08. The number of hydrogen-bond acceptors (Lipinski definition) is 2. The molecule has 2 nitrogen and oxygen atoms in total. The average Bonchev–Trinajstić information content (AvgIpc) is 2.94. The maximum atomic E-state index is 6.51. The van der Waals surface area contributed by atoms with Gasteiger partial charge in [0.05, 0.1) is 6.61 Å². The van der Waals surface area contributed by atoms with Gasteiger partial charge in [0.15, 0.2) is 0 Å². The molecule has 1 heterocycles. The summed E-state index contributed by atoms with van der Waals surface area (Å²) in [6.45, 7) is 3.14. The second-order valence-corrected chi connectivity index (χ2v) is 6.18. The van der Waals surface area contributed by atoms with E-state index in [1.54, 1.807) is 0 Å². The van der Waals surface area contributed by atoms with Crippen molar-refractivity contribution in [3.05, 3.63) is 29.3 Å². The standard InChI is InChI=1S/C17H25NO/c1-2-12-3-5-13(6-4-12)17(18)15-7-8-16-14(11-15)9-10-19-16/h7-8,11-13,17H,2-6,9-10,18H2,1H3. The van der Waals surface area contributed by atoms with Crippen LogP contribution >= 0.6 is 0 Å². The molecule has 3 rings (SSSR count). The molecule has 1 aromatic rings. The first-order valence-corrected chi connectivity index (χ1v) is 7.79. The van der Waals surface area contributed by atoms with Crippen LogP contribution in [0.5, 0.6) is 5.75 Å². The quantitative estimate of drug-likeness (QED) is 0.895. The van der Waals surface area contributed by atoms with Crippen molar-refractivity contribution in [3.8, 4) is 5.75 Å². The van der Waals surface area contributed by atoms with Crippen molar-refractivity contribution in [2.75, 3.05) is 6.61 Å². The maximum absolute atomic E-state index is 6.51. The third-order valence-corrected chi connectivity index (χ3v) is 5.08. The lowest BCUT2D eigenvalue weighted by Crippen LogP contribution is -2.26. The first kappa shape index (κ1) is 13.0. The van der Waals surface area contributed by atoms with E-state index in [2.05, 4.69) is 25.1 Å². The maximum Gasteiger partial charge on any atom is 0.122 e. The molecule has 19 heavy (non-hydrogen) atoms. The molecule has 1 aliphatic carbocycles. The zero-order chi connectivity index (χ0) is 13.2. The van der Waals surface area contributed by atoms with Crippen LogP contribution in [0.4, 0.5) is 0 Å². The van der Waals surface area contributed by atoms with Crippen LogP contribution in [0.2, 0.25) is 0 Å². The summed E-state index contributed by atoms with van der Waals surface area (Å²) in [6, 6.07) is 6.76. The summed E-state index contributed by atoms with van der Waals surface area (Å²) in [5.74, 6) is 2.67. The van der Waals surface area contributed by atoms with Crippen LogP contribution in [0.25, 0.3) is 0 Å². The van der Waals surface area contributed by atoms with E-state index in [1.807, 2.05) is 0 Å². The lowest BCUT2D eigenvalue weighted by Gasteiger charge is -2.32. The van der Waals surface area contributed by atoms with Gasteiger partial charge in [-0.3, -0.25) is 0 Å². The highest BCUT2D eigenvalue weighted by Gasteiger charge is 2.26. The summed E-state index contributed by atoms with van der Waals surface area (Å²) in [5, 5.41) is 0. The molecule has 2 aliphatic rings. The second-order valence-electron chi connectivity index (χ2n) is 6.18. The molecule has 0 bridgehead atoms. The molecule has 2 heteroatoms. The van der Waals surface area contributed by atoms with Crippen LogP contribution < -0.4 is 10.5 Å². The molecule has 1 aromatic carbocycles. The smallest absolute Gasteiger partial charge is 0.122 e. The van der Waals surface area contributed by atoms with Gasteiger partial charge in [-0.2, -0.15) is 0 Å². The molecule has 0 spiro atoms. The van der Waals surface area contributed by atoms with Gasteiger partial charge in [0.2, 0.25) is 0 Å². The fourth-order valence-electron chi connectivity index (χ4n) is 3.64. The van der Waals surface area contributed by atoms with Gasteiger partial charge in [0.1, 0.15) is 5.75 Å². The molecule has 1 fully saturated rings. The van der Waals surface area contributed by atoms with Crippen LogP contribution in [0.1, 0.15) is 56.2 Å². The molecule has 1 saturated carbocycles. The average molecular weight is 259 g/mol. The SMILES string of the molecule is CCC1CCC(C(N)c2ccc3c(c2)CCO3)CC1. The molecule has 2 N–H and O–H groups in total. The number of fused-ring (bicyclic) bond motifs is 1. The van der Waals surface area contributed by atoms with Crippen LogP contribution in [0.15, 0.2) is 18.2 Å². The van der Waals surface area contributed by atoms with E-state index in [0.29, 0.717) is 5.92 Å². The highest BCUT2D eigenvalue weighted by atomic mass is 16.5. The lowest BCUT2D eigenvalue weighted by atomic mass is 9.76. The van der Waals surface area contributed by atoms with Crippen molar-refractivity contribution >= 4 is 0 Å². The van der Waals surface area contributed by atoms with E-state index in [4.69, 9.17) is 10.5 Å². The number of hydrogen-bond donors (Lipinski definition) is 1. The minimum absolute atomic E-state index is 0.212. The highest BCUT2D eigenvalue weighted by molar-refractivity contribution is 5.40. The van der Waals surface area contributed by atoms with Gasteiger partial charge in [-0.1, -0.05) is 38.3 Å². The van der Waals surface area contributed by atoms with Crippen molar-refractivity contribution in [2.24, 2.45) is 17.6 Å². The highest BCUT2D eigenvalue weighted by Crippen LogP contribution is 2.38. The summed E-state index contributed by atoms with van der Waals surface area (Å²) in [4.78, 5) is 0. The van der Waals surface area contributed by atoms with Gasteiger partial charge in [-0.25, -0.2) is 0 Å². The minimum atomic E-state index is 0.212. The van der Waals surface area contributed by atoms with Gasteiger partial charge < -0.3 is 10.5 Å². The molecule has 1 unspecified atom stereocenters. The third kappa shape index (κ3) is 2.64. The summed E-state index contributed by atoms with van der Waals surface area (Å²) in [6.07, 6.45) is 7.70. The van der Waals surface area contributed by atoms with E-state index < -0.39 is 0 Å². The Morgan fingerprint density at radius 3 is 2.79 bits per heavy atom. The fraction of sp³-hybridized carbons (Fsp3) is 0.647. The van der Waals surface area contributed by atoms with Gasteiger partial charge >= 0.3 is 0 Å². The Bertz CT molecular complexity index is 435. The molecule has 0 amide bonds. The van der Waals surface area contributed by atoms with E-state index in [1.165, 1.54) is 43.2 Å². The monoisotopic (exact) mass is 259 g/mol. The van der Waals surface area contributed by atoms with E-state index in [0.717, 1.165) is 24.7 Å². The molecule has 0 saturated heterocycles. The number of benzene rings is 1. The predicted octanol–water partition coefficient (Wildman–Crippen LogP) is 3.84. The van der Waals surface area contributed by atoms with Crippen molar-refractivity contribution in [3.63, 3.8) is 0 Å². The van der Waals surface area contributed by atoms with Crippen molar-refractivity contribution in [1.29, 1.82) is 0 Å². The molecule has 1 aliphatic heterocycles. The van der Waals surface area contributed by atoms with Gasteiger partial charge in [0, 0.05) is 12.5 Å². The van der Waals surface area contributed by atoms with Crippen LogP contribution in [-0.2, 0) is 6.42 Å². The van der Waals surface area contributed by atoms with Gasteiger partial charge in [0.25, 0.3) is 0 Å². The molecular weight excluding hydrogens is 234 g/mol. The summed E-state index contributed by atoms with van der Waals surface area (Å²) < 4.78 is 5.57. The van der Waals surface area contributed by atoms with E-state index in [9.17, 15) is 0 Å². The number of nitrogens with two attached hydrogens (primary N) is 1. The molecule has 0 aromatic heterocycles. The first-order valence-electron chi connectivity index (χ1n) is 7.79. The second kappa shape index (κ2) is 5.54. The Labute approximate surface area is 116 Å². The summed E-state index contributed by atoms with van der Waals surface area (Å²) in [5.41, 5.74) is 9.16. The van der Waals surface area contributed by atoms with Crippen molar-refractivity contribution in [1.82, 2.24) is 0 Å². The molecular formula is C17H25NO. The first-order chi connectivity index (χ1) is 9.28. The van der Waals surface area contributed by atoms with E-state index >= 15 is 0 Å². The molecule has 104 valence electrons. The van der Waals surface area contributed by atoms with Crippen LogP contribution in [0.3, 0.4) is 0 Å². The summed E-state index contributed by atoms with van der Waals surface area (Å²) in [7, 11) is 0. The fourth-order valence-corrected chi connectivity index (χ4v) is 3.64. The Balaban J connectivity index is 1.68. The Morgan fingerprint density at radius 1 is 1.26 bits per heavy atom. The number of rotatable bonds is 3. The number of ether oxygens (including phenoxy) is 1. The predicted molar refractivity (Wildman–Crippen MR) is 78.3 cm³/mol. The molecule has 0 radical (unpaired) electrons. The van der Waals surface area contributed by atoms with Gasteiger partial charge in [-0.15, -0.1) is 0 Å². The normalized spacial score (nSPS) is 27.7. The van der Waals surface area contributed by atoms with Crippen molar-refractivity contribution in [2.45, 2.75) is 51.5 Å². The molecule has 1 atom stereocenters.